The van der Waals surface area contributed by atoms with E-state index in [1.54, 1.807) is 37.4 Å². The fourth-order valence-corrected chi connectivity index (χ4v) is 3.32. The van der Waals surface area contributed by atoms with Crippen molar-refractivity contribution in [3.8, 4) is 28.6 Å². The van der Waals surface area contributed by atoms with Crippen molar-refractivity contribution in [3.63, 3.8) is 0 Å². The van der Waals surface area contributed by atoms with Gasteiger partial charge in [0.15, 0.2) is 0 Å². The minimum Gasteiger partial charge on any atom is -0.497 e. The van der Waals surface area contributed by atoms with Gasteiger partial charge in [0.05, 0.1) is 25.0 Å². The minimum atomic E-state index is -0.228. The summed E-state index contributed by atoms with van der Waals surface area (Å²) < 4.78 is 17.4. The van der Waals surface area contributed by atoms with Gasteiger partial charge in [-0.25, -0.2) is 9.67 Å². The first-order valence-electron chi connectivity index (χ1n) is 10.8. The highest BCUT2D eigenvalue weighted by Crippen LogP contribution is 2.26. The SMILES string of the molecule is COCCOc1ccc(CNC(=O)c2cn(-c3ccccc3)nc2-c2ccc(OC)cc2)cn1. The highest BCUT2D eigenvalue weighted by Gasteiger charge is 2.19. The van der Waals surface area contributed by atoms with Gasteiger partial charge in [-0.15, -0.1) is 0 Å². The van der Waals surface area contributed by atoms with Gasteiger partial charge in [0, 0.05) is 37.7 Å². The number of benzene rings is 2. The van der Waals surface area contributed by atoms with E-state index >= 15 is 0 Å². The molecule has 1 N–H and O–H groups in total. The molecule has 2 aromatic carbocycles. The fourth-order valence-electron chi connectivity index (χ4n) is 3.32. The molecule has 2 heterocycles. The van der Waals surface area contributed by atoms with Crippen LogP contribution in [-0.4, -0.2) is 48.1 Å². The third-order valence-corrected chi connectivity index (χ3v) is 5.13. The highest BCUT2D eigenvalue weighted by atomic mass is 16.5. The summed E-state index contributed by atoms with van der Waals surface area (Å²) in [6.07, 6.45) is 3.43. The third kappa shape index (κ3) is 5.60. The Kier molecular flexibility index (Phi) is 7.52. The first kappa shape index (κ1) is 23.0. The molecule has 2 aromatic heterocycles. The molecule has 0 aliphatic carbocycles. The van der Waals surface area contributed by atoms with Crippen molar-refractivity contribution in [2.45, 2.75) is 6.54 Å². The topological polar surface area (TPSA) is 87.5 Å². The van der Waals surface area contributed by atoms with Crippen LogP contribution in [0, 0.1) is 0 Å². The summed E-state index contributed by atoms with van der Waals surface area (Å²) in [6.45, 7) is 1.24. The van der Waals surface area contributed by atoms with Crippen molar-refractivity contribution < 1.29 is 19.0 Å². The van der Waals surface area contributed by atoms with Gasteiger partial charge in [-0.3, -0.25) is 4.79 Å². The molecule has 0 aliphatic heterocycles. The number of hydrogen-bond acceptors (Lipinski definition) is 6. The first-order chi connectivity index (χ1) is 16.7. The molecule has 0 saturated heterocycles. The van der Waals surface area contributed by atoms with Crippen LogP contribution in [0.2, 0.25) is 0 Å². The van der Waals surface area contributed by atoms with Gasteiger partial charge >= 0.3 is 0 Å². The lowest BCUT2D eigenvalue weighted by molar-refractivity contribution is 0.0951. The molecular formula is C26H26N4O4. The van der Waals surface area contributed by atoms with E-state index < -0.39 is 0 Å². The molecular weight excluding hydrogens is 432 g/mol. The van der Waals surface area contributed by atoms with Gasteiger partial charge in [-0.1, -0.05) is 24.3 Å². The van der Waals surface area contributed by atoms with Crippen molar-refractivity contribution in [1.82, 2.24) is 20.1 Å². The molecule has 0 atom stereocenters. The molecule has 0 bridgehead atoms. The Labute approximate surface area is 198 Å². The first-order valence-corrected chi connectivity index (χ1v) is 10.8. The second-order valence-electron chi connectivity index (χ2n) is 7.43. The Hall–Kier alpha value is -4.17. The maximum absolute atomic E-state index is 13.2. The number of hydrogen-bond donors (Lipinski definition) is 1. The number of pyridine rings is 1. The molecule has 34 heavy (non-hydrogen) atoms. The van der Waals surface area contributed by atoms with Gasteiger partial charge in [0.25, 0.3) is 5.91 Å². The Balaban J connectivity index is 1.53. The normalized spacial score (nSPS) is 10.6. The van der Waals surface area contributed by atoms with Gasteiger partial charge < -0.3 is 19.5 Å². The van der Waals surface area contributed by atoms with Crippen LogP contribution in [0.5, 0.6) is 11.6 Å². The molecule has 0 fully saturated rings. The molecule has 8 nitrogen and oxygen atoms in total. The molecule has 174 valence electrons. The Bertz CT molecular complexity index is 1210. The van der Waals surface area contributed by atoms with E-state index in [4.69, 9.17) is 19.3 Å². The van der Waals surface area contributed by atoms with Gasteiger partial charge in [-0.2, -0.15) is 5.10 Å². The Morgan fingerprint density at radius 3 is 2.44 bits per heavy atom. The number of nitrogens with one attached hydrogen (secondary N) is 1. The van der Waals surface area contributed by atoms with Crippen molar-refractivity contribution in [3.05, 3.63) is 90.3 Å². The van der Waals surface area contributed by atoms with Gasteiger partial charge in [0.2, 0.25) is 5.88 Å². The van der Waals surface area contributed by atoms with Crippen LogP contribution >= 0.6 is 0 Å². The molecule has 0 spiro atoms. The average Bonchev–Trinajstić information content (AvgIpc) is 3.34. The van der Waals surface area contributed by atoms with E-state index in [0.717, 1.165) is 22.6 Å². The molecule has 8 heteroatoms. The predicted molar refractivity (Wildman–Crippen MR) is 128 cm³/mol. The lowest BCUT2D eigenvalue weighted by atomic mass is 10.1. The van der Waals surface area contributed by atoms with E-state index in [-0.39, 0.29) is 5.91 Å². The predicted octanol–water partition coefficient (Wildman–Crippen LogP) is 3.90. The van der Waals surface area contributed by atoms with E-state index in [1.807, 2.05) is 60.7 Å². The minimum absolute atomic E-state index is 0.228. The maximum Gasteiger partial charge on any atom is 0.255 e. The zero-order valence-electron chi connectivity index (χ0n) is 19.1. The van der Waals surface area contributed by atoms with E-state index in [2.05, 4.69) is 10.3 Å². The summed E-state index contributed by atoms with van der Waals surface area (Å²) in [5.74, 6) is 1.02. The fraction of sp³-hybridized carbons (Fsp3) is 0.192. The average molecular weight is 459 g/mol. The number of rotatable bonds is 10. The number of nitrogens with zero attached hydrogens (tertiary/aromatic N) is 3. The van der Waals surface area contributed by atoms with Gasteiger partial charge in [-0.05, 0) is 42.0 Å². The van der Waals surface area contributed by atoms with Crippen LogP contribution in [0.1, 0.15) is 15.9 Å². The number of ether oxygens (including phenoxy) is 3. The monoisotopic (exact) mass is 458 g/mol. The molecule has 1 amide bonds. The summed E-state index contributed by atoms with van der Waals surface area (Å²) in [4.78, 5) is 17.4. The van der Waals surface area contributed by atoms with Crippen molar-refractivity contribution >= 4 is 5.91 Å². The second kappa shape index (κ2) is 11.1. The summed E-state index contributed by atoms with van der Waals surface area (Å²) in [5, 5.41) is 7.67. The number of aromatic nitrogens is 3. The van der Waals surface area contributed by atoms with Crippen LogP contribution in [0.4, 0.5) is 0 Å². The standard InChI is InChI=1S/C26H26N4O4/c1-32-14-15-34-24-13-8-19(16-27-24)17-28-26(31)23-18-30(21-6-4-3-5-7-21)29-25(23)20-9-11-22(33-2)12-10-20/h3-13,16,18H,14-15,17H2,1-2H3,(H,28,31). The van der Waals surface area contributed by atoms with E-state index in [0.29, 0.717) is 36.9 Å². The summed E-state index contributed by atoms with van der Waals surface area (Å²) in [5.41, 5.74) is 3.60. The highest BCUT2D eigenvalue weighted by molar-refractivity contribution is 5.99. The molecule has 0 unspecified atom stereocenters. The number of amides is 1. The largest absolute Gasteiger partial charge is 0.497 e. The number of carbonyl (C=O) groups excluding carboxylic acids is 1. The second-order valence-corrected chi connectivity index (χ2v) is 7.43. The van der Waals surface area contributed by atoms with Crippen LogP contribution in [0.3, 0.4) is 0 Å². The molecule has 0 saturated carbocycles. The van der Waals surface area contributed by atoms with E-state index in [1.165, 1.54) is 0 Å². The zero-order chi connectivity index (χ0) is 23.8. The molecule has 4 aromatic rings. The van der Waals surface area contributed by atoms with Crippen molar-refractivity contribution in [1.29, 1.82) is 0 Å². The van der Waals surface area contributed by atoms with Crippen LogP contribution in [-0.2, 0) is 11.3 Å². The quantitative estimate of drug-likeness (QED) is 0.363. The molecule has 0 aliphatic rings. The van der Waals surface area contributed by atoms with Crippen molar-refractivity contribution in [2.24, 2.45) is 0 Å². The summed E-state index contributed by atoms with van der Waals surface area (Å²) >= 11 is 0. The van der Waals surface area contributed by atoms with Crippen molar-refractivity contribution in [2.75, 3.05) is 27.4 Å². The lowest BCUT2D eigenvalue weighted by Crippen LogP contribution is -2.23. The number of methoxy groups -OCH3 is 2. The van der Waals surface area contributed by atoms with Crippen LogP contribution < -0.4 is 14.8 Å². The van der Waals surface area contributed by atoms with Crippen LogP contribution in [0.15, 0.2) is 79.1 Å². The maximum atomic E-state index is 13.2. The lowest BCUT2D eigenvalue weighted by Gasteiger charge is -2.08. The summed E-state index contributed by atoms with van der Waals surface area (Å²) in [6, 6.07) is 20.8. The van der Waals surface area contributed by atoms with Crippen LogP contribution in [0.25, 0.3) is 16.9 Å². The Morgan fingerprint density at radius 2 is 1.76 bits per heavy atom. The molecule has 4 rings (SSSR count). The number of carbonyl (C=O) groups is 1. The zero-order valence-corrected chi connectivity index (χ0v) is 19.1. The van der Waals surface area contributed by atoms with E-state index in [9.17, 15) is 4.79 Å². The Morgan fingerprint density at radius 1 is 0.971 bits per heavy atom. The molecule has 0 radical (unpaired) electrons. The smallest absolute Gasteiger partial charge is 0.255 e. The summed E-state index contributed by atoms with van der Waals surface area (Å²) in [7, 11) is 3.23. The number of para-hydroxylation sites is 1. The third-order valence-electron chi connectivity index (χ3n) is 5.13. The van der Waals surface area contributed by atoms with Gasteiger partial charge in [0.1, 0.15) is 18.1 Å².